The Kier molecular flexibility index (Phi) is 4.50. The van der Waals surface area contributed by atoms with Crippen LogP contribution < -0.4 is 0 Å². The summed E-state index contributed by atoms with van der Waals surface area (Å²) in [7, 11) is -3.08. The van der Waals surface area contributed by atoms with E-state index in [9.17, 15) is 13.2 Å². The number of rotatable bonds is 4. The van der Waals surface area contributed by atoms with Crippen molar-refractivity contribution in [2.45, 2.75) is 25.2 Å². The van der Waals surface area contributed by atoms with Gasteiger partial charge in [0.2, 0.25) is 0 Å². The SMILES string of the molecule is O=C1OC(N(Cc2ccccc2Cl)C2CCS(=O)(=O)C2)c2ccccc21. The number of fused-ring (bicyclic) bond motifs is 1. The summed E-state index contributed by atoms with van der Waals surface area (Å²) in [6.07, 6.45) is -0.0866. The second-order valence-electron chi connectivity index (χ2n) is 6.67. The fraction of sp³-hybridized carbons (Fsp3) is 0.316. The first kappa shape index (κ1) is 17.5. The highest BCUT2D eigenvalue weighted by molar-refractivity contribution is 7.91. The molecule has 136 valence electrons. The van der Waals surface area contributed by atoms with Gasteiger partial charge in [-0.05, 0) is 24.1 Å². The fourth-order valence-electron chi connectivity index (χ4n) is 3.64. The van der Waals surface area contributed by atoms with Crippen LogP contribution in [-0.2, 0) is 21.1 Å². The first-order chi connectivity index (χ1) is 12.4. The lowest BCUT2D eigenvalue weighted by molar-refractivity contribution is -0.0424. The van der Waals surface area contributed by atoms with E-state index in [2.05, 4.69) is 0 Å². The molecule has 2 heterocycles. The lowest BCUT2D eigenvalue weighted by atomic mass is 10.1. The molecule has 0 spiro atoms. The summed E-state index contributed by atoms with van der Waals surface area (Å²) in [4.78, 5) is 14.2. The summed E-state index contributed by atoms with van der Waals surface area (Å²) in [5.41, 5.74) is 2.18. The fourth-order valence-corrected chi connectivity index (χ4v) is 5.57. The number of sulfone groups is 1. The van der Waals surface area contributed by atoms with E-state index in [1.807, 2.05) is 35.2 Å². The Balaban J connectivity index is 1.72. The van der Waals surface area contributed by atoms with Gasteiger partial charge in [0, 0.05) is 23.2 Å². The van der Waals surface area contributed by atoms with Gasteiger partial charge in [0.25, 0.3) is 0 Å². The molecule has 2 aliphatic heterocycles. The number of esters is 1. The van der Waals surface area contributed by atoms with Crippen molar-refractivity contribution in [3.8, 4) is 0 Å². The maximum Gasteiger partial charge on any atom is 0.340 e. The molecular formula is C19H18ClNO4S. The molecule has 26 heavy (non-hydrogen) atoms. The number of hydrogen-bond donors (Lipinski definition) is 0. The molecular weight excluding hydrogens is 374 g/mol. The molecule has 0 bridgehead atoms. The molecule has 0 radical (unpaired) electrons. The maximum absolute atomic E-state index is 12.2. The van der Waals surface area contributed by atoms with Crippen LogP contribution >= 0.6 is 11.6 Å². The third-order valence-corrected chi connectivity index (χ3v) is 7.07. The molecule has 0 amide bonds. The van der Waals surface area contributed by atoms with E-state index < -0.39 is 16.1 Å². The minimum atomic E-state index is -3.08. The highest BCUT2D eigenvalue weighted by atomic mass is 35.5. The molecule has 1 fully saturated rings. The van der Waals surface area contributed by atoms with Crippen LogP contribution in [0.5, 0.6) is 0 Å². The van der Waals surface area contributed by atoms with Crippen molar-refractivity contribution in [2.24, 2.45) is 0 Å². The van der Waals surface area contributed by atoms with E-state index in [4.69, 9.17) is 16.3 Å². The summed E-state index contributed by atoms with van der Waals surface area (Å²) >= 11 is 6.31. The normalized spacial score (nSPS) is 23.8. The van der Waals surface area contributed by atoms with Crippen molar-refractivity contribution in [1.82, 2.24) is 4.90 Å². The van der Waals surface area contributed by atoms with E-state index in [0.29, 0.717) is 23.6 Å². The smallest absolute Gasteiger partial charge is 0.340 e. The topological polar surface area (TPSA) is 63.7 Å². The highest BCUT2D eigenvalue weighted by Crippen LogP contribution is 2.38. The molecule has 2 aromatic carbocycles. The Hall–Kier alpha value is -1.89. The maximum atomic E-state index is 12.2. The number of halogens is 1. The zero-order valence-corrected chi connectivity index (χ0v) is 15.5. The number of carbonyl (C=O) groups excluding carboxylic acids is 1. The van der Waals surface area contributed by atoms with E-state index in [1.165, 1.54) is 0 Å². The zero-order valence-electron chi connectivity index (χ0n) is 14.0. The van der Waals surface area contributed by atoms with Gasteiger partial charge in [0.05, 0.1) is 17.1 Å². The Morgan fingerprint density at radius 2 is 1.85 bits per heavy atom. The van der Waals surface area contributed by atoms with Gasteiger partial charge in [-0.15, -0.1) is 0 Å². The lowest BCUT2D eigenvalue weighted by Gasteiger charge is -2.33. The second-order valence-corrected chi connectivity index (χ2v) is 9.30. The van der Waals surface area contributed by atoms with Gasteiger partial charge in [-0.1, -0.05) is 48.0 Å². The average molecular weight is 392 g/mol. The summed E-state index contributed by atoms with van der Waals surface area (Å²) < 4.78 is 29.7. The Morgan fingerprint density at radius 1 is 1.12 bits per heavy atom. The quantitative estimate of drug-likeness (QED) is 0.749. The summed E-state index contributed by atoms with van der Waals surface area (Å²) in [5, 5.41) is 0.607. The minimum absolute atomic E-state index is 0.0632. The van der Waals surface area contributed by atoms with Gasteiger partial charge >= 0.3 is 5.97 Å². The number of cyclic esters (lactones) is 1. The van der Waals surface area contributed by atoms with Crippen molar-refractivity contribution >= 4 is 27.4 Å². The third kappa shape index (κ3) is 3.24. The van der Waals surface area contributed by atoms with E-state index in [1.54, 1.807) is 18.2 Å². The summed E-state index contributed by atoms with van der Waals surface area (Å²) in [5.74, 6) is -0.164. The predicted molar refractivity (Wildman–Crippen MR) is 98.7 cm³/mol. The molecule has 4 rings (SSSR count). The first-order valence-corrected chi connectivity index (χ1v) is 10.6. The standard InChI is InChI=1S/C19H18ClNO4S/c20-17-8-4-1-5-13(17)11-21(14-9-10-26(23,24)12-14)18-15-6-2-3-7-16(15)19(22)25-18/h1-8,14,18H,9-12H2. The Bertz CT molecular complexity index is 960. The van der Waals surface area contributed by atoms with Crippen LogP contribution in [0, 0.1) is 0 Å². The van der Waals surface area contributed by atoms with Crippen molar-refractivity contribution in [2.75, 3.05) is 11.5 Å². The highest BCUT2D eigenvalue weighted by Gasteiger charge is 2.42. The summed E-state index contributed by atoms with van der Waals surface area (Å²) in [6.45, 7) is 0.409. The van der Waals surface area contributed by atoms with E-state index in [-0.39, 0.29) is 23.5 Å². The molecule has 1 saturated heterocycles. The third-order valence-electron chi connectivity index (χ3n) is 4.95. The van der Waals surface area contributed by atoms with Gasteiger partial charge in [-0.3, -0.25) is 4.90 Å². The molecule has 0 N–H and O–H groups in total. The van der Waals surface area contributed by atoms with Gasteiger partial charge in [-0.25, -0.2) is 13.2 Å². The number of ether oxygens (including phenoxy) is 1. The molecule has 2 aromatic rings. The molecule has 5 nitrogen and oxygen atoms in total. The Labute approximate surface area is 157 Å². The van der Waals surface area contributed by atoms with Crippen molar-refractivity contribution in [1.29, 1.82) is 0 Å². The van der Waals surface area contributed by atoms with Crippen molar-refractivity contribution in [3.63, 3.8) is 0 Å². The number of benzene rings is 2. The monoisotopic (exact) mass is 391 g/mol. The molecule has 7 heteroatoms. The first-order valence-electron chi connectivity index (χ1n) is 8.44. The van der Waals surface area contributed by atoms with Crippen LogP contribution in [0.4, 0.5) is 0 Å². The zero-order chi connectivity index (χ0) is 18.3. The van der Waals surface area contributed by atoms with Crippen LogP contribution in [0.15, 0.2) is 48.5 Å². The van der Waals surface area contributed by atoms with Crippen LogP contribution in [0.25, 0.3) is 0 Å². The molecule has 0 aromatic heterocycles. The molecule has 0 aliphatic carbocycles. The number of carbonyl (C=O) groups is 1. The van der Waals surface area contributed by atoms with Crippen LogP contribution in [0.3, 0.4) is 0 Å². The van der Waals surface area contributed by atoms with Crippen LogP contribution in [0.2, 0.25) is 5.02 Å². The Morgan fingerprint density at radius 3 is 2.58 bits per heavy atom. The van der Waals surface area contributed by atoms with E-state index in [0.717, 1.165) is 11.1 Å². The van der Waals surface area contributed by atoms with Crippen molar-refractivity contribution in [3.05, 3.63) is 70.2 Å². The van der Waals surface area contributed by atoms with Crippen LogP contribution in [-0.4, -0.2) is 36.8 Å². The predicted octanol–water partition coefficient (Wildman–Crippen LogP) is 3.20. The largest absolute Gasteiger partial charge is 0.438 e. The van der Waals surface area contributed by atoms with Crippen molar-refractivity contribution < 1.29 is 17.9 Å². The van der Waals surface area contributed by atoms with Gasteiger partial charge < -0.3 is 4.74 Å². The van der Waals surface area contributed by atoms with Gasteiger partial charge in [0.1, 0.15) is 0 Å². The second kappa shape index (κ2) is 6.68. The van der Waals surface area contributed by atoms with E-state index >= 15 is 0 Å². The number of nitrogens with zero attached hydrogens (tertiary/aromatic N) is 1. The molecule has 2 aliphatic rings. The number of hydrogen-bond acceptors (Lipinski definition) is 5. The molecule has 2 atom stereocenters. The summed E-state index contributed by atoms with van der Waals surface area (Å²) in [6, 6.07) is 14.5. The minimum Gasteiger partial charge on any atom is -0.438 e. The lowest BCUT2D eigenvalue weighted by Crippen LogP contribution is -2.39. The molecule has 0 saturated carbocycles. The van der Waals surface area contributed by atoms with Gasteiger partial charge in [-0.2, -0.15) is 0 Å². The average Bonchev–Trinajstić information content (AvgIpc) is 3.14. The van der Waals surface area contributed by atoms with Gasteiger partial charge in [0.15, 0.2) is 16.1 Å². The molecule has 2 unspecified atom stereocenters. The van der Waals surface area contributed by atoms with Crippen LogP contribution in [0.1, 0.15) is 34.1 Å².